The number of carbonyl (C=O) groups excluding carboxylic acids is 1. The second kappa shape index (κ2) is 7.83. The Morgan fingerprint density at radius 3 is 2.48 bits per heavy atom. The molecule has 0 atom stereocenters. The van der Waals surface area contributed by atoms with Crippen molar-refractivity contribution in [2.75, 3.05) is 5.32 Å². The number of anilines is 1. The summed E-state index contributed by atoms with van der Waals surface area (Å²) in [6.45, 7) is 2.23. The highest BCUT2D eigenvalue weighted by molar-refractivity contribution is 5.92. The van der Waals surface area contributed by atoms with Crippen molar-refractivity contribution in [1.29, 1.82) is 5.26 Å². The van der Waals surface area contributed by atoms with Gasteiger partial charge in [-0.15, -0.1) is 0 Å². The summed E-state index contributed by atoms with van der Waals surface area (Å²) in [7, 11) is 0. The Morgan fingerprint density at radius 2 is 1.90 bits per heavy atom. The van der Waals surface area contributed by atoms with Crippen LogP contribution in [0.15, 0.2) is 24.3 Å². The Kier molecular flexibility index (Phi) is 5.80. The number of hydrogen-bond donors (Lipinski definition) is 1. The molecule has 0 bridgehead atoms. The van der Waals surface area contributed by atoms with Crippen LogP contribution in [0.1, 0.15) is 57.4 Å². The molecule has 1 amide bonds. The maximum atomic E-state index is 12.3. The number of unbranched alkanes of at least 4 members (excludes halogenated alkanes) is 1. The molecule has 1 N–H and O–H groups in total. The van der Waals surface area contributed by atoms with Crippen LogP contribution in [0.25, 0.3) is 0 Å². The molecule has 0 unspecified atom stereocenters. The summed E-state index contributed by atoms with van der Waals surface area (Å²) in [6, 6.07) is 9.14. The first-order chi connectivity index (χ1) is 10.2. The number of nitriles is 1. The van der Waals surface area contributed by atoms with E-state index in [1.54, 1.807) is 24.3 Å². The van der Waals surface area contributed by atoms with Gasteiger partial charge in [-0.3, -0.25) is 4.79 Å². The molecular formula is C18H24N2O. The van der Waals surface area contributed by atoms with Gasteiger partial charge in [0.05, 0.1) is 11.6 Å². The van der Waals surface area contributed by atoms with E-state index in [4.69, 9.17) is 5.26 Å². The Labute approximate surface area is 127 Å². The fourth-order valence-electron chi connectivity index (χ4n) is 3.08. The van der Waals surface area contributed by atoms with Crippen LogP contribution < -0.4 is 5.32 Å². The molecule has 3 heteroatoms. The van der Waals surface area contributed by atoms with Crippen molar-refractivity contribution in [3.63, 3.8) is 0 Å². The van der Waals surface area contributed by atoms with Crippen LogP contribution in [0.3, 0.4) is 0 Å². The van der Waals surface area contributed by atoms with E-state index >= 15 is 0 Å². The summed E-state index contributed by atoms with van der Waals surface area (Å²) >= 11 is 0. The normalized spacial score (nSPS) is 21.5. The average Bonchev–Trinajstić information content (AvgIpc) is 2.54. The number of carbonyl (C=O) groups is 1. The predicted molar refractivity (Wildman–Crippen MR) is 84.8 cm³/mol. The predicted octanol–water partition coefficient (Wildman–Crippen LogP) is 4.49. The molecule has 1 saturated carbocycles. The highest BCUT2D eigenvalue weighted by Gasteiger charge is 2.25. The number of benzene rings is 1. The molecule has 112 valence electrons. The van der Waals surface area contributed by atoms with E-state index in [2.05, 4.69) is 18.3 Å². The van der Waals surface area contributed by atoms with Gasteiger partial charge >= 0.3 is 0 Å². The summed E-state index contributed by atoms with van der Waals surface area (Å²) in [5, 5.41) is 11.7. The first kappa shape index (κ1) is 15.6. The Balaban J connectivity index is 1.80. The Hall–Kier alpha value is -1.82. The molecule has 1 fully saturated rings. The van der Waals surface area contributed by atoms with Gasteiger partial charge in [0.1, 0.15) is 0 Å². The standard InChI is InChI=1S/C18H24N2O/c1-2-3-4-14-5-9-16(10-6-14)18(21)20-17-11-7-15(13-19)8-12-17/h7-8,11-12,14,16H,2-6,9-10H2,1H3,(H,20,21). The molecule has 0 aromatic heterocycles. The Morgan fingerprint density at radius 1 is 1.24 bits per heavy atom. The van der Waals surface area contributed by atoms with E-state index in [0.29, 0.717) is 5.56 Å². The fourth-order valence-corrected chi connectivity index (χ4v) is 3.08. The van der Waals surface area contributed by atoms with Gasteiger partial charge < -0.3 is 5.32 Å². The van der Waals surface area contributed by atoms with Gasteiger partial charge in [-0.2, -0.15) is 5.26 Å². The van der Waals surface area contributed by atoms with Gasteiger partial charge in [-0.1, -0.05) is 26.2 Å². The molecule has 0 aliphatic heterocycles. The van der Waals surface area contributed by atoms with Crippen molar-refractivity contribution >= 4 is 11.6 Å². The van der Waals surface area contributed by atoms with Gasteiger partial charge in [0.2, 0.25) is 5.91 Å². The lowest BCUT2D eigenvalue weighted by Crippen LogP contribution is -2.27. The van der Waals surface area contributed by atoms with Crippen molar-refractivity contribution in [2.45, 2.75) is 51.9 Å². The molecule has 1 aromatic rings. The van der Waals surface area contributed by atoms with E-state index in [0.717, 1.165) is 24.4 Å². The summed E-state index contributed by atoms with van der Waals surface area (Å²) in [5.41, 5.74) is 1.40. The molecule has 0 spiro atoms. The fraction of sp³-hybridized carbons (Fsp3) is 0.556. The van der Waals surface area contributed by atoms with Crippen LogP contribution >= 0.6 is 0 Å². The molecule has 0 heterocycles. The third-order valence-corrected chi connectivity index (χ3v) is 4.47. The van der Waals surface area contributed by atoms with Crippen molar-refractivity contribution in [3.05, 3.63) is 29.8 Å². The van der Waals surface area contributed by atoms with Crippen LogP contribution in [-0.4, -0.2) is 5.91 Å². The van der Waals surface area contributed by atoms with E-state index in [1.807, 2.05) is 0 Å². The number of amides is 1. The monoisotopic (exact) mass is 284 g/mol. The minimum atomic E-state index is 0.133. The zero-order valence-electron chi connectivity index (χ0n) is 12.8. The highest BCUT2D eigenvalue weighted by Crippen LogP contribution is 2.32. The zero-order valence-corrected chi connectivity index (χ0v) is 12.8. The highest BCUT2D eigenvalue weighted by atomic mass is 16.1. The number of rotatable bonds is 5. The Bertz CT molecular complexity index is 493. The first-order valence-electron chi connectivity index (χ1n) is 8.04. The second-order valence-electron chi connectivity index (χ2n) is 6.04. The van der Waals surface area contributed by atoms with E-state index < -0.39 is 0 Å². The topological polar surface area (TPSA) is 52.9 Å². The molecule has 21 heavy (non-hydrogen) atoms. The number of nitrogens with one attached hydrogen (secondary N) is 1. The van der Waals surface area contributed by atoms with Gasteiger partial charge in [-0.25, -0.2) is 0 Å². The molecule has 1 aliphatic rings. The minimum Gasteiger partial charge on any atom is -0.326 e. The van der Waals surface area contributed by atoms with Crippen molar-refractivity contribution < 1.29 is 4.79 Å². The minimum absolute atomic E-state index is 0.133. The summed E-state index contributed by atoms with van der Waals surface area (Å²) in [5.74, 6) is 1.11. The summed E-state index contributed by atoms with van der Waals surface area (Å²) in [6.07, 6.45) is 8.29. The van der Waals surface area contributed by atoms with Crippen molar-refractivity contribution in [3.8, 4) is 6.07 Å². The van der Waals surface area contributed by atoms with E-state index in [1.165, 1.54) is 32.1 Å². The van der Waals surface area contributed by atoms with Crippen LogP contribution in [-0.2, 0) is 4.79 Å². The van der Waals surface area contributed by atoms with Gasteiger partial charge in [-0.05, 0) is 55.9 Å². The maximum Gasteiger partial charge on any atom is 0.227 e. The first-order valence-corrected chi connectivity index (χ1v) is 8.04. The van der Waals surface area contributed by atoms with E-state index in [9.17, 15) is 4.79 Å². The third kappa shape index (κ3) is 4.60. The lowest BCUT2D eigenvalue weighted by molar-refractivity contribution is -0.121. The molecule has 0 saturated heterocycles. The van der Waals surface area contributed by atoms with Gasteiger partial charge in [0.15, 0.2) is 0 Å². The van der Waals surface area contributed by atoms with Crippen molar-refractivity contribution in [1.82, 2.24) is 0 Å². The molecular weight excluding hydrogens is 260 g/mol. The van der Waals surface area contributed by atoms with Crippen molar-refractivity contribution in [2.24, 2.45) is 11.8 Å². The number of nitrogens with zero attached hydrogens (tertiary/aromatic N) is 1. The van der Waals surface area contributed by atoms with E-state index in [-0.39, 0.29) is 11.8 Å². The molecule has 1 aromatic carbocycles. The summed E-state index contributed by atoms with van der Waals surface area (Å²) in [4.78, 5) is 12.3. The maximum absolute atomic E-state index is 12.3. The molecule has 1 aliphatic carbocycles. The third-order valence-electron chi connectivity index (χ3n) is 4.47. The molecule has 3 nitrogen and oxygen atoms in total. The van der Waals surface area contributed by atoms with Crippen LogP contribution in [0.5, 0.6) is 0 Å². The quantitative estimate of drug-likeness (QED) is 0.865. The lowest BCUT2D eigenvalue weighted by atomic mass is 9.79. The summed E-state index contributed by atoms with van der Waals surface area (Å²) < 4.78 is 0. The average molecular weight is 284 g/mol. The smallest absolute Gasteiger partial charge is 0.227 e. The van der Waals surface area contributed by atoms with Gasteiger partial charge in [0.25, 0.3) is 0 Å². The van der Waals surface area contributed by atoms with Crippen LogP contribution in [0.2, 0.25) is 0 Å². The lowest BCUT2D eigenvalue weighted by Gasteiger charge is -2.27. The largest absolute Gasteiger partial charge is 0.326 e. The number of hydrogen-bond acceptors (Lipinski definition) is 2. The second-order valence-corrected chi connectivity index (χ2v) is 6.04. The van der Waals surface area contributed by atoms with Crippen LogP contribution in [0.4, 0.5) is 5.69 Å². The van der Waals surface area contributed by atoms with Crippen LogP contribution in [0, 0.1) is 23.2 Å². The zero-order chi connectivity index (χ0) is 15.1. The molecule has 0 radical (unpaired) electrons. The molecule has 2 rings (SSSR count). The SMILES string of the molecule is CCCCC1CCC(C(=O)Nc2ccc(C#N)cc2)CC1. The van der Waals surface area contributed by atoms with Gasteiger partial charge in [0, 0.05) is 11.6 Å².